The maximum atomic E-state index is 13.5. The fourth-order valence-corrected chi connectivity index (χ4v) is 3.16. The molecular formula is C21H21FN2O2. The van der Waals surface area contributed by atoms with Crippen LogP contribution in [-0.2, 0) is 4.74 Å². The van der Waals surface area contributed by atoms with Gasteiger partial charge >= 0.3 is 0 Å². The highest BCUT2D eigenvalue weighted by molar-refractivity contribution is 5.94. The van der Waals surface area contributed by atoms with Crippen molar-refractivity contribution in [2.75, 3.05) is 20.2 Å². The largest absolute Gasteiger partial charge is 0.376 e. The summed E-state index contributed by atoms with van der Waals surface area (Å²) >= 11 is 0. The number of carbonyl (C=O) groups is 1. The van der Waals surface area contributed by atoms with Crippen molar-refractivity contribution in [1.29, 1.82) is 5.26 Å². The second-order valence-electron chi connectivity index (χ2n) is 6.56. The Morgan fingerprint density at radius 1 is 1.23 bits per heavy atom. The van der Waals surface area contributed by atoms with Gasteiger partial charge in [-0.05, 0) is 54.7 Å². The normalized spacial score (nSPS) is 16.7. The minimum Gasteiger partial charge on any atom is -0.376 e. The Hall–Kier alpha value is -2.71. The summed E-state index contributed by atoms with van der Waals surface area (Å²) in [6.45, 7) is 1.35. The molecule has 1 heterocycles. The molecule has 0 unspecified atom stereocenters. The number of amides is 1. The maximum Gasteiger partial charge on any atom is 0.253 e. The molecule has 26 heavy (non-hydrogen) atoms. The van der Waals surface area contributed by atoms with E-state index in [2.05, 4.69) is 0 Å². The highest BCUT2D eigenvalue weighted by Crippen LogP contribution is 2.23. The molecule has 1 aliphatic rings. The average Bonchev–Trinajstić information content (AvgIpc) is 2.68. The van der Waals surface area contributed by atoms with Crippen LogP contribution in [0.3, 0.4) is 0 Å². The molecular weight excluding hydrogens is 331 g/mol. The number of halogens is 1. The number of likely N-dealkylation sites (N-methyl/N-ethyl adjacent to an activating group) is 1. The van der Waals surface area contributed by atoms with E-state index in [0.717, 1.165) is 37.0 Å². The lowest BCUT2D eigenvalue weighted by Crippen LogP contribution is -2.37. The lowest BCUT2D eigenvalue weighted by molar-refractivity contribution is -0.000186. The summed E-state index contributed by atoms with van der Waals surface area (Å²) in [5, 5.41) is 8.95. The third-order valence-electron chi connectivity index (χ3n) is 4.65. The van der Waals surface area contributed by atoms with Crippen LogP contribution in [-0.4, -0.2) is 37.1 Å². The van der Waals surface area contributed by atoms with Gasteiger partial charge in [-0.3, -0.25) is 4.79 Å². The highest BCUT2D eigenvalue weighted by atomic mass is 19.1. The number of hydrogen-bond donors (Lipinski definition) is 0. The molecule has 1 amide bonds. The van der Waals surface area contributed by atoms with Gasteiger partial charge in [-0.15, -0.1) is 0 Å². The first kappa shape index (κ1) is 18.1. The number of benzene rings is 2. The van der Waals surface area contributed by atoms with Crippen LogP contribution in [0.5, 0.6) is 0 Å². The highest BCUT2D eigenvalue weighted by Gasteiger charge is 2.19. The number of ether oxygens (including phenoxy) is 1. The predicted octanol–water partition coefficient (Wildman–Crippen LogP) is 4.01. The van der Waals surface area contributed by atoms with Crippen LogP contribution < -0.4 is 0 Å². The Bertz CT molecular complexity index is 821. The van der Waals surface area contributed by atoms with Gasteiger partial charge in [0, 0.05) is 25.8 Å². The van der Waals surface area contributed by atoms with E-state index in [1.165, 1.54) is 12.1 Å². The van der Waals surface area contributed by atoms with Crippen LogP contribution in [0.15, 0.2) is 42.5 Å². The predicted molar refractivity (Wildman–Crippen MR) is 97.1 cm³/mol. The molecule has 1 saturated heterocycles. The first-order chi connectivity index (χ1) is 12.6. The van der Waals surface area contributed by atoms with E-state index in [9.17, 15) is 9.18 Å². The summed E-state index contributed by atoms with van der Waals surface area (Å²) in [4.78, 5) is 14.3. The Morgan fingerprint density at radius 2 is 1.96 bits per heavy atom. The number of hydrogen-bond acceptors (Lipinski definition) is 3. The van der Waals surface area contributed by atoms with E-state index >= 15 is 0 Å². The van der Waals surface area contributed by atoms with E-state index < -0.39 is 5.82 Å². The van der Waals surface area contributed by atoms with Crippen molar-refractivity contribution < 1.29 is 13.9 Å². The van der Waals surface area contributed by atoms with Crippen molar-refractivity contribution in [2.45, 2.75) is 25.4 Å². The standard InChI is InChI=1S/C21H21FN2O2/c1-24(14-19-4-2-3-11-26-19)21(25)16-7-5-15(6-8-16)17-9-10-20(22)18(12-17)13-23/h5-10,12,19H,2-4,11,14H2,1H3/t19-/m0/s1. The summed E-state index contributed by atoms with van der Waals surface area (Å²) in [5.41, 5.74) is 2.17. The van der Waals surface area contributed by atoms with Gasteiger partial charge in [0.2, 0.25) is 0 Å². The molecule has 5 heteroatoms. The molecule has 1 aliphatic heterocycles. The Kier molecular flexibility index (Phi) is 5.65. The molecule has 4 nitrogen and oxygen atoms in total. The molecule has 0 aromatic heterocycles. The molecule has 0 bridgehead atoms. The summed E-state index contributed by atoms with van der Waals surface area (Å²) in [7, 11) is 1.79. The van der Waals surface area contributed by atoms with Crippen molar-refractivity contribution in [1.82, 2.24) is 4.90 Å². The van der Waals surface area contributed by atoms with Crippen molar-refractivity contribution in [3.8, 4) is 17.2 Å². The molecule has 1 atom stereocenters. The summed E-state index contributed by atoms with van der Waals surface area (Å²) in [6.07, 6.45) is 3.33. The Balaban J connectivity index is 1.70. The van der Waals surface area contributed by atoms with E-state index in [1.54, 1.807) is 30.1 Å². The number of nitriles is 1. The first-order valence-corrected chi connectivity index (χ1v) is 8.75. The minimum atomic E-state index is -0.533. The van der Waals surface area contributed by atoms with Crippen molar-refractivity contribution in [3.63, 3.8) is 0 Å². The zero-order chi connectivity index (χ0) is 18.5. The number of nitrogens with zero attached hydrogens (tertiary/aromatic N) is 2. The van der Waals surface area contributed by atoms with Gasteiger partial charge in [-0.25, -0.2) is 4.39 Å². The number of carbonyl (C=O) groups excluding carboxylic acids is 1. The SMILES string of the molecule is CN(C[C@@H]1CCCCO1)C(=O)c1ccc(-c2ccc(F)c(C#N)c2)cc1. The van der Waals surface area contributed by atoms with Crippen molar-refractivity contribution >= 4 is 5.91 Å². The molecule has 0 saturated carbocycles. The molecule has 3 rings (SSSR count). The van der Waals surface area contributed by atoms with E-state index in [1.807, 2.05) is 18.2 Å². The van der Waals surface area contributed by atoms with Crippen molar-refractivity contribution in [2.24, 2.45) is 0 Å². The van der Waals surface area contributed by atoms with Gasteiger partial charge in [-0.1, -0.05) is 18.2 Å². The molecule has 2 aromatic carbocycles. The molecule has 0 aliphatic carbocycles. The average molecular weight is 352 g/mol. The fourth-order valence-electron chi connectivity index (χ4n) is 3.16. The van der Waals surface area contributed by atoms with Crippen LogP contribution in [0.4, 0.5) is 4.39 Å². The second kappa shape index (κ2) is 8.11. The van der Waals surface area contributed by atoms with Gasteiger partial charge in [0.1, 0.15) is 11.9 Å². The zero-order valence-corrected chi connectivity index (χ0v) is 14.7. The van der Waals surface area contributed by atoms with Crippen LogP contribution in [0.1, 0.15) is 35.2 Å². The van der Waals surface area contributed by atoms with Crippen LogP contribution in [0, 0.1) is 17.1 Å². The molecule has 0 N–H and O–H groups in total. The fraction of sp³-hybridized carbons (Fsp3) is 0.333. The first-order valence-electron chi connectivity index (χ1n) is 8.75. The molecule has 2 aromatic rings. The summed E-state index contributed by atoms with van der Waals surface area (Å²) in [6, 6.07) is 13.4. The van der Waals surface area contributed by atoms with E-state index in [4.69, 9.17) is 10.00 Å². The quantitative estimate of drug-likeness (QED) is 0.835. The second-order valence-corrected chi connectivity index (χ2v) is 6.56. The van der Waals surface area contributed by atoms with Gasteiger partial charge in [-0.2, -0.15) is 5.26 Å². The lowest BCUT2D eigenvalue weighted by Gasteiger charge is -2.27. The maximum absolute atomic E-state index is 13.5. The lowest BCUT2D eigenvalue weighted by atomic mass is 10.0. The van der Waals surface area contributed by atoms with Crippen LogP contribution >= 0.6 is 0 Å². The smallest absolute Gasteiger partial charge is 0.253 e. The third-order valence-corrected chi connectivity index (χ3v) is 4.65. The number of rotatable bonds is 4. The van der Waals surface area contributed by atoms with Crippen LogP contribution in [0.25, 0.3) is 11.1 Å². The monoisotopic (exact) mass is 352 g/mol. The Labute approximate surface area is 152 Å². The zero-order valence-electron chi connectivity index (χ0n) is 14.7. The third kappa shape index (κ3) is 4.09. The van der Waals surface area contributed by atoms with Gasteiger partial charge < -0.3 is 9.64 Å². The van der Waals surface area contributed by atoms with Gasteiger partial charge in [0.25, 0.3) is 5.91 Å². The topological polar surface area (TPSA) is 53.3 Å². The Morgan fingerprint density at radius 3 is 2.62 bits per heavy atom. The minimum absolute atomic E-state index is 0.00914. The van der Waals surface area contributed by atoms with E-state index in [0.29, 0.717) is 12.1 Å². The molecule has 1 fully saturated rings. The van der Waals surface area contributed by atoms with Gasteiger partial charge in [0.15, 0.2) is 0 Å². The molecule has 0 spiro atoms. The molecule has 134 valence electrons. The summed E-state index contributed by atoms with van der Waals surface area (Å²) < 4.78 is 19.1. The molecule has 0 radical (unpaired) electrons. The van der Waals surface area contributed by atoms with Gasteiger partial charge in [0.05, 0.1) is 11.7 Å². The van der Waals surface area contributed by atoms with Crippen molar-refractivity contribution in [3.05, 3.63) is 59.4 Å². The van der Waals surface area contributed by atoms with E-state index in [-0.39, 0.29) is 17.6 Å². The summed E-state index contributed by atoms with van der Waals surface area (Å²) in [5.74, 6) is -0.586. The van der Waals surface area contributed by atoms with Crippen LogP contribution in [0.2, 0.25) is 0 Å².